The third kappa shape index (κ3) is 2.16. The summed E-state index contributed by atoms with van der Waals surface area (Å²) in [4.78, 5) is 0. The summed E-state index contributed by atoms with van der Waals surface area (Å²) in [5.74, 6) is 1.08. The summed E-state index contributed by atoms with van der Waals surface area (Å²) in [7, 11) is 0. The van der Waals surface area contributed by atoms with Crippen LogP contribution in [0.25, 0.3) is 0 Å². The smallest absolute Gasteiger partial charge is 0.122 e. The second-order valence-electron chi connectivity index (χ2n) is 6.16. The van der Waals surface area contributed by atoms with Crippen LogP contribution in [0.2, 0.25) is 0 Å². The zero-order valence-electron chi connectivity index (χ0n) is 12.1. The Morgan fingerprint density at radius 3 is 2.68 bits per heavy atom. The lowest BCUT2D eigenvalue weighted by Crippen LogP contribution is -2.63. The molecule has 3 rings (SSSR count). The second-order valence-corrected chi connectivity index (χ2v) is 6.16. The van der Waals surface area contributed by atoms with E-state index in [1.807, 2.05) is 0 Å². The van der Waals surface area contributed by atoms with Gasteiger partial charge in [0.15, 0.2) is 0 Å². The first-order valence-corrected chi connectivity index (χ1v) is 7.72. The van der Waals surface area contributed by atoms with E-state index < -0.39 is 0 Å². The highest BCUT2D eigenvalue weighted by atomic mass is 16.5. The first kappa shape index (κ1) is 13.0. The van der Waals surface area contributed by atoms with Gasteiger partial charge >= 0.3 is 0 Å². The normalized spacial score (nSPS) is 28.3. The average Bonchev–Trinajstić information content (AvgIpc) is 2.92. The molecule has 2 nitrogen and oxygen atoms in total. The van der Waals surface area contributed by atoms with Gasteiger partial charge in [-0.1, -0.05) is 38.0 Å². The molecule has 2 saturated carbocycles. The number of benzene rings is 1. The monoisotopic (exact) mass is 259 g/mol. The SMILES string of the molecule is CCNC1CC(Oc2ccccc2C)C12CCCC2. The van der Waals surface area contributed by atoms with Gasteiger partial charge < -0.3 is 10.1 Å². The molecule has 0 bridgehead atoms. The van der Waals surface area contributed by atoms with Gasteiger partial charge in [0.05, 0.1) is 0 Å². The highest BCUT2D eigenvalue weighted by molar-refractivity contribution is 5.32. The highest BCUT2D eigenvalue weighted by Gasteiger charge is 2.57. The number of para-hydroxylation sites is 1. The van der Waals surface area contributed by atoms with Crippen molar-refractivity contribution in [3.63, 3.8) is 0 Å². The van der Waals surface area contributed by atoms with E-state index >= 15 is 0 Å². The van der Waals surface area contributed by atoms with Crippen LogP contribution in [0.4, 0.5) is 0 Å². The van der Waals surface area contributed by atoms with Crippen molar-refractivity contribution in [3.8, 4) is 5.75 Å². The predicted molar refractivity (Wildman–Crippen MR) is 78.6 cm³/mol. The van der Waals surface area contributed by atoms with E-state index in [0.29, 0.717) is 17.6 Å². The van der Waals surface area contributed by atoms with Gasteiger partial charge in [-0.3, -0.25) is 0 Å². The maximum absolute atomic E-state index is 6.36. The van der Waals surface area contributed by atoms with Gasteiger partial charge in [0.2, 0.25) is 0 Å². The average molecular weight is 259 g/mol. The van der Waals surface area contributed by atoms with Crippen molar-refractivity contribution >= 4 is 0 Å². The molecule has 0 aromatic heterocycles. The quantitative estimate of drug-likeness (QED) is 0.890. The van der Waals surface area contributed by atoms with Crippen molar-refractivity contribution in [1.82, 2.24) is 5.32 Å². The molecule has 2 atom stereocenters. The van der Waals surface area contributed by atoms with E-state index in [1.165, 1.54) is 37.7 Å². The van der Waals surface area contributed by atoms with Gasteiger partial charge in [-0.2, -0.15) is 0 Å². The number of rotatable bonds is 4. The first-order valence-electron chi connectivity index (χ1n) is 7.72. The zero-order valence-corrected chi connectivity index (χ0v) is 12.1. The number of aryl methyl sites for hydroxylation is 1. The van der Waals surface area contributed by atoms with Crippen molar-refractivity contribution < 1.29 is 4.74 Å². The molecule has 1 spiro atoms. The Morgan fingerprint density at radius 2 is 2.00 bits per heavy atom. The van der Waals surface area contributed by atoms with Gasteiger partial charge in [-0.25, -0.2) is 0 Å². The summed E-state index contributed by atoms with van der Waals surface area (Å²) >= 11 is 0. The van der Waals surface area contributed by atoms with Gasteiger partial charge in [-0.15, -0.1) is 0 Å². The summed E-state index contributed by atoms with van der Waals surface area (Å²) in [6.45, 7) is 5.42. The maximum Gasteiger partial charge on any atom is 0.122 e. The Balaban J connectivity index is 1.74. The molecule has 2 aliphatic rings. The van der Waals surface area contributed by atoms with Crippen molar-refractivity contribution in [2.75, 3.05) is 6.54 Å². The van der Waals surface area contributed by atoms with Gasteiger partial charge in [0.25, 0.3) is 0 Å². The molecule has 2 heteroatoms. The van der Waals surface area contributed by atoms with Crippen LogP contribution < -0.4 is 10.1 Å². The van der Waals surface area contributed by atoms with Crippen LogP contribution in [0.5, 0.6) is 5.75 Å². The van der Waals surface area contributed by atoms with E-state index in [0.717, 1.165) is 12.3 Å². The molecule has 1 N–H and O–H groups in total. The van der Waals surface area contributed by atoms with E-state index in [9.17, 15) is 0 Å². The minimum atomic E-state index is 0.415. The third-order valence-electron chi connectivity index (χ3n) is 5.13. The van der Waals surface area contributed by atoms with Gasteiger partial charge in [-0.05, 0) is 37.9 Å². The van der Waals surface area contributed by atoms with E-state index in [2.05, 4.69) is 43.4 Å². The van der Waals surface area contributed by atoms with Crippen LogP contribution in [0, 0.1) is 12.3 Å². The number of hydrogen-bond acceptors (Lipinski definition) is 2. The largest absolute Gasteiger partial charge is 0.489 e. The summed E-state index contributed by atoms with van der Waals surface area (Å²) in [5.41, 5.74) is 1.67. The Kier molecular flexibility index (Phi) is 3.53. The van der Waals surface area contributed by atoms with Crippen molar-refractivity contribution in [1.29, 1.82) is 0 Å². The summed E-state index contributed by atoms with van der Waals surface area (Å²) in [6, 6.07) is 9.07. The summed E-state index contributed by atoms with van der Waals surface area (Å²) in [5, 5.41) is 3.67. The van der Waals surface area contributed by atoms with Crippen molar-refractivity contribution in [2.45, 2.75) is 58.1 Å². The zero-order chi connectivity index (χ0) is 13.3. The summed E-state index contributed by atoms with van der Waals surface area (Å²) < 4.78 is 6.36. The third-order valence-corrected chi connectivity index (χ3v) is 5.13. The Labute approximate surface area is 116 Å². The Morgan fingerprint density at radius 1 is 1.26 bits per heavy atom. The molecule has 104 valence electrons. The molecule has 2 fully saturated rings. The van der Waals surface area contributed by atoms with Crippen LogP contribution in [0.3, 0.4) is 0 Å². The highest BCUT2D eigenvalue weighted by Crippen LogP contribution is 2.54. The minimum absolute atomic E-state index is 0.415. The van der Waals surface area contributed by atoms with Crippen LogP contribution in [-0.4, -0.2) is 18.7 Å². The fraction of sp³-hybridized carbons (Fsp3) is 0.647. The molecule has 0 amide bonds. The number of ether oxygens (including phenoxy) is 1. The fourth-order valence-corrected chi connectivity index (χ4v) is 3.99. The van der Waals surface area contributed by atoms with Crippen molar-refractivity contribution in [2.24, 2.45) is 5.41 Å². The van der Waals surface area contributed by atoms with Crippen LogP contribution in [-0.2, 0) is 0 Å². The van der Waals surface area contributed by atoms with E-state index in [-0.39, 0.29) is 0 Å². The van der Waals surface area contributed by atoms with E-state index in [4.69, 9.17) is 4.74 Å². The Hall–Kier alpha value is -1.02. The Bertz CT molecular complexity index is 437. The first-order chi connectivity index (χ1) is 9.26. The molecule has 0 heterocycles. The molecule has 19 heavy (non-hydrogen) atoms. The van der Waals surface area contributed by atoms with Crippen LogP contribution in [0.1, 0.15) is 44.6 Å². The topological polar surface area (TPSA) is 21.3 Å². The molecule has 0 aliphatic heterocycles. The number of nitrogens with one attached hydrogen (secondary N) is 1. The van der Waals surface area contributed by atoms with Gasteiger partial charge in [0.1, 0.15) is 11.9 Å². The lowest BCUT2D eigenvalue weighted by molar-refractivity contribution is -0.0758. The predicted octanol–water partition coefficient (Wildman–Crippen LogP) is 3.68. The van der Waals surface area contributed by atoms with Crippen LogP contribution >= 0.6 is 0 Å². The number of hydrogen-bond donors (Lipinski definition) is 1. The lowest BCUT2D eigenvalue weighted by Gasteiger charge is -2.54. The standard InChI is InChI=1S/C17H25NO/c1-3-18-15-12-16(17(15)10-6-7-11-17)19-14-9-5-4-8-13(14)2/h4-5,8-9,15-16,18H,3,6-7,10-12H2,1-2H3. The van der Waals surface area contributed by atoms with Crippen molar-refractivity contribution in [3.05, 3.63) is 29.8 Å². The molecular formula is C17H25NO. The molecule has 2 unspecified atom stereocenters. The second kappa shape index (κ2) is 5.16. The molecule has 1 aromatic carbocycles. The molecular weight excluding hydrogens is 234 g/mol. The van der Waals surface area contributed by atoms with E-state index in [1.54, 1.807) is 0 Å². The summed E-state index contributed by atoms with van der Waals surface area (Å²) in [6.07, 6.45) is 7.00. The molecule has 0 saturated heterocycles. The van der Waals surface area contributed by atoms with Crippen LogP contribution in [0.15, 0.2) is 24.3 Å². The molecule has 2 aliphatic carbocycles. The minimum Gasteiger partial charge on any atom is -0.489 e. The van der Waals surface area contributed by atoms with Gasteiger partial charge in [0, 0.05) is 17.9 Å². The molecule has 0 radical (unpaired) electrons. The fourth-order valence-electron chi connectivity index (χ4n) is 3.99. The molecule has 1 aromatic rings. The maximum atomic E-state index is 6.36. The lowest BCUT2D eigenvalue weighted by atomic mass is 9.60.